The van der Waals surface area contributed by atoms with Gasteiger partial charge in [-0.3, -0.25) is 5.10 Å². The van der Waals surface area contributed by atoms with Gasteiger partial charge in [-0.2, -0.15) is 10.4 Å². The van der Waals surface area contributed by atoms with Crippen LogP contribution in [0.4, 0.5) is 0 Å². The first-order valence-electron chi connectivity index (χ1n) is 11.6. The highest BCUT2D eigenvalue weighted by Crippen LogP contribution is 2.40. The molecule has 1 fully saturated rings. The van der Waals surface area contributed by atoms with E-state index in [9.17, 15) is 8.42 Å². The molecule has 1 aromatic carbocycles. The van der Waals surface area contributed by atoms with Crippen molar-refractivity contribution in [2.45, 2.75) is 43.0 Å². The Hall–Kier alpha value is -3.97. The minimum Gasteiger partial charge on any atom is -0.319 e. The summed E-state index contributed by atoms with van der Waals surface area (Å²) in [6.45, 7) is 0. The molecule has 176 valence electrons. The normalized spacial score (nSPS) is 18.7. The fourth-order valence-corrected chi connectivity index (χ4v) is 6.53. The lowest BCUT2D eigenvalue weighted by Gasteiger charge is -2.29. The van der Waals surface area contributed by atoms with Crippen LogP contribution in [0.3, 0.4) is 0 Å². The van der Waals surface area contributed by atoms with Gasteiger partial charge in [0.15, 0.2) is 11.5 Å². The highest BCUT2D eigenvalue weighted by molar-refractivity contribution is 7.90. The Morgan fingerprint density at radius 3 is 2.60 bits per heavy atom. The van der Waals surface area contributed by atoms with Gasteiger partial charge in [-0.15, -0.1) is 0 Å². The zero-order valence-corrected chi connectivity index (χ0v) is 19.7. The molecule has 4 aromatic heterocycles. The molecule has 1 aliphatic carbocycles. The number of aromatic nitrogens is 6. The molecule has 0 bridgehead atoms. The van der Waals surface area contributed by atoms with Crippen molar-refractivity contribution >= 4 is 32.1 Å². The average Bonchev–Trinajstić information content (AvgIpc) is 3.63. The number of imidazole rings is 1. The second kappa shape index (κ2) is 8.36. The number of benzene rings is 1. The first-order chi connectivity index (χ1) is 17.1. The highest BCUT2D eigenvalue weighted by atomic mass is 32.2. The minimum absolute atomic E-state index is 0.168. The quantitative estimate of drug-likeness (QED) is 0.386. The minimum atomic E-state index is -3.80. The summed E-state index contributed by atoms with van der Waals surface area (Å²) in [5.74, 6) is 1.15. The van der Waals surface area contributed by atoms with Crippen LogP contribution < -0.4 is 0 Å². The predicted octanol–water partition coefficient (Wildman–Crippen LogP) is 4.66. The Labute approximate surface area is 202 Å². The van der Waals surface area contributed by atoms with Gasteiger partial charge in [-0.05, 0) is 55.9 Å². The molecule has 1 aliphatic rings. The number of hydrogen-bond acceptors (Lipinski definition) is 6. The van der Waals surface area contributed by atoms with Crippen molar-refractivity contribution in [2.75, 3.05) is 0 Å². The lowest BCUT2D eigenvalue weighted by molar-refractivity contribution is 0.283. The standard InChI is InChI=1S/C25H23N7O2S/c26-13-10-17-6-8-18(9-7-17)32-23-20-12-15-31(35(33,34)19-4-2-1-3-5-19)24(20)27-16-22(23)29-25(32)21-11-14-28-30-21/h1-5,11-12,14-18H,6-10H2,(H,28,30)/t17-,18-. The zero-order valence-electron chi connectivity index (χ0n) is 18.9. The predicted molar refractivity (Wildman–Crippen MR) is 131 cm³/mol. The molecule has 0 unspecified atom stereocenters. The van der Waals surface area contributed by atoms with Crippen LogP contribution >= 0.6 is 0 Å². The van der Waals surface area contributed by atoms with Crippen LogP contribution in [0.1, 0.15) is 38.1 Å². The van der Waals surface area contributed by atoms with Crippen molar-refractivity contribution < 1.29 is 8.42 Å². The number of rotatable bonds is 5. The van der Waals surface area contributed by atoms with E-state index in [4.69, 9.17) is 10.2 Å². The summed E-state index contributed by atoms with van der Waals surface area (Å²) >= 11 is 0. The van der Waals surface area contributed by atoms with Gasteiger partial charge in [0, 0.05) is 30.2 Å². The molecule has 35 heavy (non-hydrogen) atoms. The second-order valence-electron chi connectivity index (χ2n) is 8.96. The summed E-state index contributed by atoms with van der Waals surface area (Å²) in [7, 11) is -3.80. The maximum Gasteiger partial charge on any atom is 0.269 e. The maximum absolute atomic E-state index is 13.4. The molecule has 0 radical (unpaired) electrons. The van der Waals surface area contributed by atoms with Gasteiger partial charge in [0.05, 0.1) is 22.7 Å². The smallest absolute Gasteiger partial charge is 0.269 e. The third-order valence-corrected chi connectivity index (χ3v) is 8.60. The molecule has 1 N–H and O–H groups in total. The number of nitrogens with zero attached hydrogens (tertiary/aromatic N) is 6. The topological polar surface area (TPSA) is 122 Å². The van der Waals surface area contributed by atoms with Crippen LogP contribution in [-0.4, -0.2) is 37.1 Å². The van der Waals surface area contributed by atoms with Crippen molar-refractivity contribution in [3.8, 4) is 17.6 Å². The Bertz CT molecular complexity index is 1650. The maximum atomic E-state index is 13.4. The van der Waals surface area contributed by atoms with Crippen molar-refractivity contribution in [2.24, 2.45) is 5.92 Å². The van der Waals surface area contributed by atoms with Crippen LogP contribution in [0.15, 0.2) is 66.0 Å². The Kier molecular flexibility index (Phi) is 5.15. The van der Waals surface area contributed by atoms with E-state index in [-0.39, 0.29) is 10.9 Å². The molecule has 0 atom stereocenters. The van der Waals surface area contributed by atoms with E-state index in [2.05, 4.69) is 25.8 Å². The van der Waals surface area contributed by atoms with E-state index in [0.29, 0.717) is 23.5 Å². The molecule has 0 spiro atoms. The fraction of sp³-hybridized carbons (Fsp3) is 0.280. The van der Waals surface area contributed by atoms with Crippen LogP contribution in [0, 0.1) is 17.2 Å². The largest absolute Gasteiger partial charge is 0.319 e. The molecular formula is C25H23N7O2S. The third kappa shape index (κ3) is 3.51. The van der Waals surface area contributed by atoms with E-state index >= 15 is 0 Å². The molecule has 5 aromatic rings. The number of aromatic amines is 1. The summed E-state index contributed by atoms with van der Waals surface area (Å²) in [6, 6.07) is 14.5. The van der Waals surface area contributed by atoms with Gasteiger partial charge >= 0.3 is 0 Å². The van der Waals surface area contributed by atoms with Gasteiger partial charge in [0.25, 0.3) is 10.0 Å². The lowest BCUT2D eigenvalue weighted by atomic mass is 9.84. The van der Waals surface area contributed by atoms with Crippen molar-refractivity contribution in [3.05, 3.63) is 61.1 Å². The van der Waals surface area contributed by atoms with Gasteiger partial charge in [0.1, 0.15) is 11.2 Å². The Morgan fingerprint density at radius 1 is 1.09 bits per heavy atom. The Balaban J connectivity index is 1.54. The summed E-state index contributed by atoms with van der Waals surface area (Å²) in [5, 5.41) is 17.1. The Morgan fingerprint density at radius 2 is 1.89 bits per heavy atom. The molecule has 10 heteroatoms. The van der Waals surface area contributed by atoms with Crippen LogP contribution in [0.5, 0.6) is 0 Å². The van der Waals surface area contributed by atoms with E-state index in [1.165, 1.54) is 3.97 Å². The summed E-state index contributed by atoms with van der Waals surface area (Å²) in [4.78, 5) is 9.60. The average molecular weight is 486 g/mol. The van der Waals surface area contributed by atoms with Crippen LogP contribution in [0.2, 0.25) is 0 Å². The second-order valence-corrected chi connectivity index (χ2v) is 10.8. The summed E-state index contributed by atoms with van der Waals surface area (Å²) in [6.07, 6.45) is 9.32. The number of nitrogens with one attached hydrogen (secondary N) is 1. The molecule has 0 aliphatic heterocycles. The summed E-state index contributed by atoms with van der Waals surface area (Å²) in [5.41, 5.74) is 2.65. The number of hydrogen-bond donors (Lipinski definition) is 1. The number of fused-ring (bicyclic) bond motifs is 3. The van der Waals surface area contributed by atoms with Crippen molar-refractivity contribution in [1.82, 2.24) is 28.7 Å². The molecular weight excluding hydrogens is 462 g/mol. The molecule has 4 heterocycles. The van der Waals surface area contributed by atoms with Crippen molar-refractivity contribution in [3.63, 3.8) is 0 Å². The van der Waals surface area contributed by atoms with Gasteiger partial charge < -0.3 is 4.57 Å². The third-order valence-electron chi connectivity index (χ3n) is 6.92. The van der Waals surface area contributed by atoms with Gasteiger partial charge in [0.2, 0.25) is 0 Å². The monoisotopic (exact) mass is 485 g/mol. The zero-order chi connectivity index (χ0) is 24.0. The lowest BCUT2D eigenvalue weighted by Crippen LogP contribution is -2.19. The first-order valence-corrected chi connectivity index (χ1v) is 13.1. The number of H-pyrrole nitrogens is 1. The van der Waals surface area contributed by atoms with E-state index in [1.54, 1.807) is 55.0 Å². The fourth-order valence-electron chi connectivity index (χ4n) is 5.20. The number of pyridine rings is 1. The SMILES string of the molecule is N#CC[C@H]1CC[C@H](n2c(-c3cc[nH]n3)nc3cnc4c(ccn4S(=O)(=O)c4ccccc4)c32)CC1. The van der Waals surface area contributed by atoms with E-state index in [1.807, 2.05) is 6.07 Å². The molecule has 6 rings (SSSR count). The summed E-state index contributed by atoms with van der Waals surface area (Å²) < 4.78 is 30.2. The molecule has 0 saturated heterocycles. The van der Waals surface area contributed by atoms with Gasteiger partial charge in [-0.25, -0.2) is 22.4 Å². The molecule has 0 amide bonds. The van der Waals surface area contributed by atoms with Crippen LogP contribution in [0.25, 0.3) is 33.6 Å². The van der Waals surface area contributed by atoms with Crippen LogP contribution in [-0.2, 0) is 10.0 Å². The highest BCUT2D eigenvalue weighted by Gasteiger charge is 2.29. The van der Waals surface area contributed by atoms with Gasteiger partial charge in [-0.1, -0.05) is 18.2 Å². The first kappa shape index (κ1) is 21.6. The number of nitriles is 1. The molecule has 1 saturated carbocycles. The molecule has 9 nitrogen and oxygen atoms in total. The van der Waals surface area contributed by atoms with E-state index in [0.717, 1.165) is 48.1 Å². The van der Waals surface area contributed by atoms with E-state index < -0.39 is 10.0 Å². The van der Waals surface area contributed by atoms with Crippen molar-refractivity contribution in [1.29, 1.82) is 5.26 Å².